The Morgan fingerprint density at radius 3 is 2.50 bits per heavy atom. The second-order valence-electron chi connectivity index (χ2n) is 3.35. The van der Waals surface area contributed by atoms with Crippen molar-refractivity contribution in [1.29, 1.82) is 0 Å². The second kappa shape index (κ2) is 6.19. The summed E-state index contributed by atoms with van der Waals surface area (Å²) in [5, 5.41) is -0.0575. The van der Waals surface area contributed by atoms with Crippen molar-refractivity contribution in [2.75, 3.05) is 19.2 Å². The highest BCUT2D eigenvalue weighted by molar-refractivity contribution is 9.09. The number of hydrogen-bond acceptors (Lipinski definition) is 3. The van der Waals surface area contributed by atoms with Crippen molar-refractivity contribution in [3.8, 4) is 5.75 Å². The smallest absolute Gasteiger partial charge is 0.416 e. The number of ketones is 1. The number of halogens is 4. The van der Waals surface area contributed by atoms with E-state index in [9.17, 15) is 18.0 Å². The minimum Gasteiger partial charge on any atom is -0.468 e. The maximum Gasteiger partial charge on any atom is 0.416 e. The zero-order valence-electron chi connectivity index (χ0n) is 9.38. The van der Waals surface area contributed by atoms with Crippen LogP contribution in [0.25, 0.3) is 0 Å². The van der Waals surface area contributed by atoms with Crippen molar-refractivity contribution in [2.45, 2.75) is 6.18 Å². The summed E-state index contributed by atoms with van der Waals surface area (Å²) in [6.07, 6.45) is -4.53. The molecule has 0 N–H and O–H groups in total. The van der Waals surface area contributed by atoms with Crippen molar-refractivity contribution in [3.05, 3.63) is 29.3 Å². The van der Waals surface area contributed by atoms with Gasteiger partial charge in [-0.3, -0.25) is 4.79 Å². The van der Waals surface area contributed by atoms with Crippen molar-refractivity contribution >= 4 is 21.7 Å². The van der Waals surface area contributed by atoms with Gasteiger partial charge in [0.1, 0.15) is 5.75 Å². The molecule has 0 fully saturated rings. The number of hydrogen-bond donors (Lipinski definition) is 0. The fraction of sp³-hybridized carbons (Fsp3) is 0.364. The van der Waals surface area contributed by atoms with E-state index in [1.54, 1.807) is 0 Å². The predicted molar refractivity (Wildman–Crippen MR) is 62.1 cm³/mol. The first-order valence-electron chi connectivity index (χ1n) is 4.81. The van der Waals surface area contributed by atoms with E-state index in [1.165, 1.54) is 13.2 Å². The summed E-state index contributed by atoms with van der Waals surface area (Å²) in [6, 6.07) is 2.87. The molecule has 1 aromatic carbocycles. The third-order valence-corrected chi connectivity index (χ3v) is 2.53. The number of Topliss-reactive ketones (excluding diaryl/α,β-unsaturated/α-hetero) is 1. The molecule has 0 atom stereocenters. The fourth-order valence-electron chi connectivity index (χ4n) is 1.21. The molecule has 100 valence electrons. The van der Waals surface area contributed by atoms with Crippen molar-refractivity contribution in [3.63, 3.8) is 0 Å². The van der Waals surface area contributed by atoms with Crippen LogP contribution in [0.4, 0.5) is 13.2 Å². The molecule has 0 aliphatic carbocycles. The minimum absolute atomic E-state index is 0.0575. The lowest BCUT2D eigenvalue weighted by molar-refractivity contribution is -0.137. The number of rotatable bonds is 5. The maximum absolute atomic E-state index is 12.6. The first kappa shape index (κ1) is 15.0. The van der Waals surface area contributed by atoms with Crippen molar-refractivity contribution < 1.29 is 27.4 Å². The molecule has 0 bridgehead atoms. The summed E-state index contributed by atoms with van der Waals surface area (Å²) in [4.78, 5) is 11.4. The average Bonchev–Trinajstić information content (AvgIpc) is 2.33. The Morgan fingerprint density at radius 1 is 1.33 bits per heavy atom. The highest BCUT2D eigenvalue weighted by atomic mass is 79.9. The highest BCUT2D eigenvalue weighted by Gasteiger charge is 2.32. The summed E-state index contributed by atoms with van der Waals surface area (Å²) in [5.74, 6) is -0.514. The lowest BCUT2D eigenvalue weighted by atomic mass is 10.1. The molecule has 0 aliphatic rings. The monoisotopic (exact) mass is 326 g/mol. The first-order chi connectivity index (χ1) is 8.38. The van der Waals surface area contributed by atoms with E-state index >= 15 is 0 Å². The molecule has 3 nitrogen and oxygen atoms in total. The van der Waals surface area contributed by atoms with E-state index in [0.717, 1.165) is 12.1 Å². The summed E-state index contributed by atoms with van der Waals surface area (Å²) >= 11 is 2.91. The van der Waals surface area contributed by atoms with Gasteiger partial charge in [0.05, 0.1) is 10.9 Å². The fourth-order valence-corrected chi connectivity index (χ4v) is 1.53. The van der Waals surface area contributed by atoms with Gasteiger partial charge in [0, 0.05) is 12.7 Å². The molecule has 0 heterocycles. The zero-order valence-corrected chi connectivity index (χ0v) is 11.0. The van der Waals surface area contributed by atoms with Gasteiger partial charge in [-0.25, -0.2) is 0 Å². The number of ether oxygens (including phenoxy) is 2. The van der Waals surface area contributed by atoms with Crippen LogP contribution in [-0.4, -0.2) is 25.0 Å². The van der Waals surface area contributed by atoms with Gasteiger partial charge in [0.15, 0.2) is 12.6 Å². The Hall–Kier alpha value is -1.08. The lowest BCUT2D eigenvalue weighted by Crippen LogP contribution is -2.10. The molecule has 0 radical (unpaired) electrons. The summed E-state index contributed by atoms with van der Waals surface area (Å²) in [7, 11) is 1.35. The normalized spacial score (nSPS) is 11.4. The SMILES string of the molecule is COCOc1cc(C(=O)CBr)cc(C(F)(F)F)c1. The van der Waals surface area contributed by atoms with E-state index in [2.05, 4.69) is 20.7 Å². The highest BCUT2D eigenvalue weighted by Crippen LogP contribution is 2.32. The Morgan fingerprint density at radius 2 is 2.00 bits per heavy atom. The maximum atomic E-state index is 12.6. The molecular formula is C11H10BrF3O3. The van der Waals surface area contributed by atoms with Gasteiger partial charge in [-0.05, 0) is 18.2 Å². The van der Waals surface area contributed by atoms with Gasteiger partial charge in [-0.15, -0.1) is 0 Å². The first-order valence-corrected chi connectivity index (χ1v) is 5.94. The zero-order chi connectivity index (χ0) is 13.8. The molecule has 0 saturated carbocycles. The van der Waals surface area contributed by atoms with Gasteiger partial charge in [0.2, 0.25) is 0 Å². The quantitative estimate of drug-likeness (QED) is 0.473. The van der Waals surface area contributed by atoms with E-state index in [1.807, 2.05) is 0 Å². The van der Waals surface area contributed by atoms with E-state index in [0.29, 0.717) is 0 Å². The van der Waals surface area contributed by atoms with Crippen molar-refractivity contribution in [1.82, 2.24) is 0 Å². The molecule has 0 unspecified atom stereocenters. The molecule has 0 amide bonds. The van der Waals surface area contributed by atoms with Crippen LogP contribution in [0.15, 0.2) is 18.2 Å². The molecule has 18 heavy (non-hydrogen) atoms. The summed E-state index contributed by atoms with van der Waals surface area (Å²) < 4.78 is 47.4. The van der Waals surface area contributed by atoms with Crippen LogP contribution in [0.3, 0.4) is 0 Å². The number of alkyl halides is 4. The van der Waals surface area contributed by atoms with Gasteiger partial charge in [-0.1, -0.05) is 15.9 Å². The average molecular weight is 327 g/mol. The third-order valence-electron chi connectivity index (χ3n) is 2.02. The van der Waals surface area contributed by atoms with Crippen LogP contribution in [0.1, 0.15) is 15.9 Å². The molecule has 1 rings (SSSR count). The lowest BCUT2D eigenvalue weighted by Gasteiger charge is -2.12. The molecule has 7 heteroatoms. The largest absolute Gasteiger partial charge is 0.468 e. The van der Waals surface area contributed by atoms with Crippen LogP contribution < -0.4 is 4.74 Å². The van der Waals surface area contributed by atoms with Gasteiger partial charge < -0.3 is 9.47 Å². The van der Waals surface area contributed by atoms with Crippen LogP contribution in [0.5, 0.6) is 5.75 Å². The van der Waals surface area contributed by atoms with Gasteiger partial charge in [-0.2, -0.15) is 13.2 Å². The third kappa shape index (κ3) is 3.99. The summed E-state index contributed by atoms with van der Waals surface area (Å²) in [6.45, 7) is -0.191. The molecule has 0 aromatic heterocycles. The van der Waals surface area contributed by atoms with E-state index < -0.39 is 17.5 Å². The van der Waals surface area contributed by atoms with Crippen molar-refractivity contribution in [2.24, 2.45) is 0 Å². The molecular weight excluding hydrogens is 317 g/mol. The number of methoxy groups -OCH3 is 1. The minimum atomic E-state index is -4.53. The number of carbonyl (C=O) groups excluding carboxylic acids is 1. The van der Waals surface area contributed by atoms with Crippen LogP contribution >= 0.6 is 15.9 Å². The molecule has 1 aromatic rings. The van der Waals surface area contributed by atoms with Crippen LogP contribution in [-0.2, 0) is 10.9 Å². The molecule has 0 spiro atoms. The van der Waals surface area contributed by atoms with Crippen LogP contribution in [0, 0.1) is 0 Å². The Kier molecular flexibility index (Phi) is 5.15. The Bertz CT molecular complexity index is 432. The predicted octanol–water partition coefficient (Wildman–Crippen LogP) is 3.27. The molecule has 0 aliphatic heterocycles. The Labute approximate surface area is 110 Å². The Balaban J connectivity index is 3.16. The van der Waals surface area contributed by atoms with Gasteiger partial charge in [0.25, 0.3) is 0 Å². The van der Waals surface area contributed by atoms with Crippen LogP contribution in [0.2, 0.25) is 0 Å². The second-order valence-corrected chi connectivity index (χ2v) is 3.91. The topological polar surface area (TPSA) is 35.5 Å². The number of benzene rings is 1. The summed E-state index contributed by atoms with van der Waals surface area (Å²) in [5.41, 5.74) is -0.992. The van der Waals surface area contributed by atoms with E-state index in [4.69, 9.17) is 4.74 Å². The van der Waals surface area contributed by atoms with Gasteiger partial charge >= 0.3 is 6.18 Å². The molecule has 0 saturated heterocycles. The standard InChI is InChI=1S/C11H10BrF3O3/c1-17-6-18-9-3-7(10(16)5-12)2-8(4-9)11(13,14)15/h2-4H,5-6H2,1H3. The number of carbonyl (C=O) groups is 1. The van der Waals surface area contributed by atoms with E-state index in [-0.39, 0.29) is 23.4 Å².